The van der Waals surface area contributed by atoms with Gasteiger partial charge in [0.2, 0.25) is 0 Å². The third-order valence-corrected chi connectivity index (χ3v) is 5.74. The van der Waals surface area contributed by atoms with Crippen LogP contribution in [0.4, 0.5) is 11.4 Å². The predicted octanol–water partition coefficient (Wildman–Crippen LogP) is 2.96. The van der Waals surface area contributed by atoms with Gasteiger partial charge in [-0.3, -0.25) is 19.7 Å². The quantitative estimate of drug-likeness (QED) is 0.584. The van der Waals surface area contributed by atoms with Gasteiger partial charge in [0, 0.05) is 24.7 Å². The number of nitrogens with zero attached hydrogens (tertiary/aromatic N) is 2. The normalized spacial score (nSPS) is 19.2. The average Bonchev–Trinajstić information content (AvgIpc) is 2.59. The van der Waals surface area contributed by atoms with Gasteiger partial charge in [-0.05, 0) is 50.2 Å². The summed E-state index contributed by atoms with van der Waals surface area (Å²) in [4.78, 5) is 36.8. The number of nitro benzene ring substituents is 1. The van der Waals surface area contributed by atoms with Gasteiger partial charge in [-0.1, -0.05) is 6.92 Å². The summed E-state index contributed by atoms with van der Waals surface area (Å²) in [7, 11) is 0. The summed E-state index contributed by atoms with van der Waals surface area (Å²) in [5.41, 5.74) is -0.0998. The molecule has 0 radical (unpaired) electrons. The van der Waals surface area contributed by atoms with Crippen LogP contribution in [0.5, 0.6) is 0 Å². The van der Waals surface area contributed by atoms with Crippen molar-refractivity contribution in [2.24, 2.45) is 5.92 Å². The topological polar surface area (TPSA) is 113 Å². The highest BCUT2D eigenvalue weighted by atomic mass is 16.6. The number of amides is 1. The highest BCUT2D eigenvalue weighted by Gasteiger charge is 2.40. The number of hydrogen-bond donors (Lipinski definition) is 2. The first-order valence-corrected chi connectivity index (χ1v) is 9.37. The van der Waals surface area contributed by atoms with Crippen molar-refractivity contribution in [3.63, 3.8) is 0 Å². The Balaban J connectivity index is 1.80. The van der Waals surface area contributed by atoms with Crippen molar-refractivity contribution < 1.29 is 19.6 Å². The minimum absolute atomic E-state index is 0.0851. The van der Waals surface area contributed by atoms with Gasteiger partial charge in [-0.2, -0.15) is 0 Å². The molecule has 1 heterocycles. The Morgan fingerprint density at radius 3 is 2.52 bits per heavy atom. The van der Waals surface area contributed by atoms with Crippen LogP contribution >= 0.6 is 0 Å². The molecule has 2 N–H and O–H groups in total. The van der Waals surface area contributed by atoms with Gasteiger partial charge in [-0.25, -0.2) is 0 Å². The second kappa shape index (κ2) is 7.54. The lowest BCUT2D eigenvalue weighted by molar-refractivity contribution is -0.384. The van der Waals surface area contributed by atoms with Gasteiger partial charge in [0.1, 0.15) is 5.69 Å². The van der Waals surface area contributed by atoms with E-state index < -0.39 is 22.3 Å². The van der Waals surface area contributed by atoms with Crippen LogP contribution in [0.15, 0.2) is 18.2 Å². The third kappa shape index (κ3) is 4.20. The average molecular weight is 375 g/mol. The molecular formula is C19H25N3O5. The van der Waals surface area contributed by atoms with Crippen LogP contribution in [0, 0.1) is 16.0 Å². The van der Waals surface area contributed by atoms with E-state index in [9.17, 15) is 19.7 Å². The van der Waals surface area contributed by atoms with Crippen molar-refractivity contribution in [1.82, 2.24) is 5.32 Å². The molecule has 1 aromatic carbocycles. The lowest BCUT2D eigenvalue weighted by Gasteiger charge is -2.41. The Hall–Kier alpha value is -2.64. The van der Waals surface area contributed by atoms with Crippen molar-refractivity contribution in [2.45, 2.75) is 51.0 Å². The third-order valence-electron chi connectivity index (χ3n) is 5.74. The Labute approximate surface area is 157 Å². The van der Waals surface area contributed by atoms with Gasteiger partial charge < -0.3 is 15.3 Å². The lowest BCUT2D eigenvalue weighted by atomic mass is 9.74. The maximum absolute atomic E-state index is 12.6. The van der Waals surface area contributed by atoms with Gasteiger partial charge in [0.25, 0.3) is 11.6 Å². The molecule has 27 heavy (non-hydrogen) atoms. The number of carbonyl (C=O) groups is 2. The molecule has 1 saturated heterocycles. The number of anilines is 1. The first kappa shape index (κ1) is 19.1. The highest BCUT2D eigenvalue weighted by molar-refractivity contribution is 5.96. The number of nitro groups is 1. The van der Waals surface area contributed by atoms with Gasteiger partial charge in [0.15, 0.2) is 0 Å². The lowest BCUT2D eigenvalue weighted by Crippen LogP contribution is -2.54. The zero-order chi connectivity index (χ0) is 19.6. The standard InChI is InChI=1S/C19H25N3O5/c1-13-5-9-21(10-6-13)15-4-3-14(11-16(15)22(26)27)18(25)20-19(7-2-8-19)12-17(23)24/h3-4,11,13H,2,5-10,12H2,1H3,(H,20,25)(H,23,24). The van der Waals surface area contributed by atoms with E-state index in [1.807, 2.05) is 4.90 Å². The predicted molar refractivity (Wildman–Crippen MR) is 100 cm³/mol. The van der Waals surface area contributed by atoms with E-state index >= 15 is 0 Å². The molecule has 0 unspecified atom stereocenters. The fraction of sp³-hybridized carbons (Fsp3) is 0.579. The first-order chi connectivity index (χ1) is 12.8. The van der Waals surface area contributed by atoms with Gasteiger partial charge in [-0.15, -0.1) is 0 Å². The number of carboxylic acids is 1. The molecule has 0 spiro atoms. The molecule has 2 fully saturated rings. The molecule has 0 bridgehead atoms. The fourth-order valence-electron chi connectivity index (χ4n) is 3.88. The zero-order valence-electron chi connectivity index (χ0n) is 15.4. The largest absolute Gasteiger partial charge is 0.481 e. The maximum Gasteiger partial charge on any atom is 0.305 e. The van der Waals surface area contributed by atoms with Crippen molar-refractivity contribution in [3.8, 4) is 0 Å². The number of carbonyl (C=O) groups excluding carboxylic acids is 1. The van der Waals surface area contributed by atoms with E-state index in [0.717, 1.165) is 32.4 Å². The number of carboxylic acid groups (broad SMARTS) is 1. The SMILES string of the molecule is CC1CCN(c2ccc(C(=O)NC3(CC(=O)O)CCC3)cc2[N+](=O)[O-])CC1. The molecule has 1 amide bonds. The monoisotopic (exact) mass is 375 g/mol. The molecule has 2 aliphatic rings. The van der Waals surface area contributed by atoms with E-state index in [1.165, 1.54) is 6.07 Å². The van der Waals surface area contributed by atoms with E-state index in [-0.39, 0.29) is 17.7 Å². The van der Waals surface area contributed by atoms with Crippen molar-refractivity contribution in [1.29, 1.82) is 0 Å². The molecule has 3 rings (SSSR count). The summed E-state index contributed by atoms with van der Waals surface area (Å²) in [6.45, 7) is 3.69. The summed E-state index contributed by atoms with van der Waals surface area (Å²) in [6, 6.07) is 4.52. The zero-order valence-corrected chi connectivity index (χ0v) is 15.4. The highest BCUT2D eigenvalue weighted by Crippen LogP contribution is 2.36. The Kier molecular flexibility index (Phi) is 5.34. The molecular weight excluding hydrogens is 350 g/mol. The van der Waals surface area contributed by atoms with Crippen molar-refractivity contribution >= 4 is 23.3 Å². The minimum Gasteiger partial charge on any atom is -0.481 e. The molecule has 8 nitrogen and oxygen atoms in total. The smallest absolute Gasteiger partial charge is 0.305 e. The van der Waals surface area contributed by atoms with E-state index in [2.05, 4.69) is 12.2 Å². The number of rotatable bonds is 6. The van der Waals surface area contributed by atoms with E-state index in [1.54, 1.807) is 12.1 Å². The van der Waals surface area contributed by atoms with Crippen LogP contribution in [0.1, 0.15) is 55.8 Å². The molecule has 1 aliphatic carbocycles. The first-order valence-electron chi connectivity index (χ1n) is 9.37. The van der Waals surface area contributed by atoms with E-state index in [4.69, 9.17) is 5.11 Å². The Morgan fingerprint density at radius 1 is 1.33 bits per heavy atom. The molecule has 1 aromatic rings. The molecule has 0 atom stereocenters. The van der Waals surface area contributed by atoms with Crippen LogP contribution < -0.4 is 10.2 Å². The number of nitrogens with one attached hydrogen (secondary N) is 1. The summed E-state index contributed by atoms with van der Waals surface area (Å²) < 4.78 is 0. The van der Waals surface area contributed by atoms with Gasteiger partial charge in [0.05, 0.1) is 16.9 Å². The molecule has 146 valence electrons. The second-order valence-corrected chi connectivity index (χ2v) is 7.79. The van der Waals surface area contributed by atoms with Crippen LogP contribution in [0.3, 0.4) is 0 Å². The summed E-state index contributed by atoms with van der Waals surface area (Å²) in [5.74, 6) is -0.813. The van der Waals surface area contributed by atoms with Gasteiger partial charge >= 0.3 is 5.97 Å². The minimum atomic E-state index is -0.962. The van der Waals surface area contributed by atoms with Crippen molar-refractivity contribution in [3.05, 3.63) is 33.9 Å². The van der Waals surface area contributed by atoms with Crippen LogP contribution in [0.2, 0.25) is 0 Å². The Bertz CT molecular complexity index is 752. The maximum atomic E-state index is 12.6. The molecule has 1 saturated carbocycles. The van der Waals surface area contributed by atoms with E-state index in [0.29, 0.717) is 24.4 Å². The summed E-state index contributed by atoms with van der Waals surface area (Å²) >= 11 is 0. The number of hydrogen-bond acceptors (Lipinski definition) is 5. The Morgan fingerprint density at radius 2 is 2.00 bits per heavy atom. The number of benzene rings is 1. The second-order valence-electron chi connectivity index (χ2n) is 7.79. The summed E-state index contributed by atoms with van der Waals surface area (Å²) in [6.07, 6.45) is 3.91. The van der Waals surface area contributed by atoms with Crippen molar-refractivity contribution in [2.75, 3.05) is 18.0 Å². The number of aliphatic carboxylic acids is 1. The molecule has 0 aromatic heterocycles. The van der Waals surface area contributed by atoms with Crippen LogP contribution in [0.25, 0.3) is 0 Å². The summed E-state index contributed by atoms with van der Waals surface area (Å²) in [5, 5.41) is 23.4. The molecule has 8 heteroatoms. The fourth-order valence-corrected chi connectivity index (χ4v) is 3.88. The molecule has 1 aliphatic heterocycles. The van der Waals surface area contributed by atoms with Crippen LogP contribution in [-0.2, 0) is 4.79 Å². The number of piperidine rings is 1. The van der Waals surface area contributed by atoms with Crippen LogP contribution in [-0.4, -0.2) is 40.5 Å².